The van der Waals surface area contributed by atoms with Crippen LogP contribution in [0.5, 0.6) is 5.75 Å². The molecule has 0 spiro atoms. The first kappa shape index (κ1) is 23.7. The van der Waals surface area contributed by atoms with Crippen LogP contribution in [0, 0.1) is 0 Å². The van der Waals surface area contributed by atoms with Crippen molar-refractivity contribution < 1.29 is 19.1 Å². The number of amides is 4. The summed E-state index contributed by atoms with van der Waals surface area (Å²) in [5.41, 5.74) is 0.0304. The summed E-state index contributed by atoms with van der Waals surface area (Å²) in [5, 5.41) is 2.80. The average molecular weight is 418 g/mol. The van der Waals surface area contributed by atoms with Crippen molar-refractivity contribution in [2.75, 3.05) is 13.7 Å². The van der Waals surface area contributed by atoms with Gasteiger partial charge in [0.25, 0.3) is 5.91 Å². The third-order valence-electron chi connectivity index (χ3n) is 6.13. The molecule has 2 rings (SSSR count). The highest BCUT2D eigenvalue weighted by atomic mass is 16.5. The van der Waals surface area contributed by atoms with Crippen LogP contribution in [0.15, 0.2) is 24.3 Å². The lowest BCUT2D eigenvalue weighted by Crippen LogP contribution is -2.50. The molecule has 0 radical (unpaired) electrons. The molecule has 7 nitrogen and oxygen atoms in total. The predicted molar refractivity (Wildman–Crippen MR) is 116 cm³/mol. The van der Waals surface area contributed by atoms with E-state index in [2.05, 4.69) is 5.32 Å². The highest BCUT2D eigenvalue weighted by molar-refractivity contribution is 6.08. The lowest BCUT2D eigenvalue weighted by atomic mass is 9.93. The normalized spacial score (nSPS) is 20.7. The number of nitrogens with one attached hydrogen (secondary N) is 1. The summed E-state index contributed by atoms with van der Waals surface area (Å²) >= 11 is 0. The van der Waals surface area contributed by atoms with Gasteiger partial charge >= 0.3 is 6.03 Å². The number of urea groups is 1. The molecule has 0 unspecified atom stereocenters. The minimum absolute atomic E-state index is 0.0506. The van der Waals surface area contributed by atoms with Crippen molar-refractivity contribution in [1.29, 1.82) is 0 Å². The zero-order chi connectivity index (χ0) is 22.5. The number of rotatable bonds is 10. The highest BCUT2D eigenvalue weighted by Gasteiger charge is 2.48. The van der Waals surface area contributed by atoms with Crippen LogP contribution < -0.4 is 10.1 Å². The minimum Gasteiger partial charge on any atom is -0.497 e. The van der Waals surface area contributed by atoms with Gasteiger partial charge in [-0.15, -0.1) is 0 Å². The van der Waals surface area contributed by atoms with E-state index >= 15 is 0 Å². The molecule has 0 saturated carbocycles. The fourth-order valence-corrected chi connectivity index (χ4v) is 3.78. The van der Waals surface area contributed by atoms with Gasteiger partial charge in [-0.3, -0.25) is 14.5 Å². The zero-order valence-corrected chi connectivity index (χ0v) is 19.0. The first-order chi connectivity index (χ1) is 14.2. The molecule has 1 aromatic rings. The van der Waals surface area contributed by atoms with Crippen molar-refractivity contribution >= 4 is 17.8 Å². The van der Waals surface area contributed by atoms with Gasteiger partial charge in [-0.25, -0.2) is 4.79 Å². The quantitative estimate of drug-likeness (QED) is 0.592. The molecular formula is C23H35N3O4. The number of nitrogens with zero attached hydrogens (tertiary/aromatic N) is 2. The van der Waals surface area contributed by atoms with E-state index in [1.54, 1.807) is 18.9 Å². The number of aryl methyl sites for hydroxylation is 1. The largest absolute Gasteiger partial charge is 0.497 e. The lowest BCUT2D eigenvalue weighted by Gasteiger charge is -2.35. The number of imide groups is 1. The second-order valence-electron chi connectivity index (χ2n) is 8.32. The number of methoxy groups -OCH3 is 1. The van der Waals surface area contributed by atoms with Gasteiger partial charge in [0.1, 0.15) is 17.8 Å². The smallest absolute Gasteiger partial charge is 0.325 e. The van der Waals surface area contributed by atoms with Gasteiger partial charge in [-0.1, -0.05) is 26.0 Å². The summed E-state index contributed by atoms with van der Waals surface area (Å²) in [4.78, 5) is 41.4. The van der Waals surface area contributed by atoms with Crippen LogP contribution in [-0.4, -0.2) is 58.9 Å². The Morgan fingerprint density at radius 3 is 2.20 bits per heavy atom. The number of ether oxygens (including phenoxy) is 1. The third kappa shape index (κ3) is 5.12. The number of benzene rings is 1. The molecule has 1 saturated heterocycles. The van der Waals surface area contributed by atoms with Crippen molar-refractivity contribution in [3.63, 3.8) is 0 Å². The van der Waals surface area contributed by atoms with Crippen LogP contribution in [0.2, 0.25) is 0 Å². The van der Waals surface area contributed by atoms with Crippen LogP contribution in [0.25, 0.3) is 0 Å². The molecule has 30 heavy (non-hydrogen) atoms. The molecule has 0 aliphatic carbocycles. The van der Waals surface area contributed by atoms with E-state index in [4.69, 9.17) is 4.74 Å². The summed E-state index contributed by atoms with van der Waals surface area (Å²) in [5.74, 6) is 0.233. The molecule has 166 valence electrons. The van der Waals surface area contributed by atoms with Gasteiger partial charge in [0, 0.05) is 12.1 Å². The molecule has 4 amide bonds. The van der Waals surface area contributed by atoms with Crippen molar-refractivity contribution in [3.8, 4) is 5.75 Å². The standard InChI is InChI=1S/C23H35N3O4/c1-7-16(3)26(17(4)8-2)20(27)15-25-21(28)23(5,24-22(25)29)14-13-18-9-11-19(30-6)12-10-18/h9-12,16-17H,7-8,13-15H2,1-6H3,(H,24,29)/t16-,17-,23+/m0/s1. The van der Waals surface area contributed by atoms with E-state index in [1.165, 1.54) is 0 Å². The molecular weight excluding hydrogens is 382 g/mol. The van der Waals surface area contributed by atoms with Gasteiger partial charge < -0.3 is 15.0 Å². The van der Waals surface area contributed by atoms with E-state index in [1.807, 2.05) is 52.0 Å². The molecule has 0 aromatic heterocycles. The van der Waals surface area contributed by atoms with Crippen LogP contribution in [0.1, 0.15) is 59.4 Å². The Labute approximate surface area is 179 Å². The third-order valence-corrected chi connectivity index (χ3v) is 6.13. The second-order valence-corrected chi connectivity index (χ2v) is 8.32. The van der Waals surface area contributed by atoms with Crippen LogP contribution in [-0.2, 0) is 16.0 Å². The van der Waals surface area contributed by atoms with Crippen molar-refractivity contribution in [2.45, 2.75) is 77.9 Å². The summed E-state index contributed by atoms with van der Waals surface area (Å²) < 4.78 is 5.16. The zero-order valence-electron chi connectivity index (χ0n) is 19.0. The molecule has 1 aliphatic rings. The molecule has 3 atom stereocenters. The molecule has 7 heteroatoms. The van der Waals surface area contributed by atoms with E-state index in [-0.39, 0.29) is 30.4 Å². The number of carbonyl (C=O) groups excluding carboxylic acids is 3. The van der Waals surface area contributed by atoms with E-state index in [0.29, 0.717) is 12.8 Å². The number of hydrogen-bond donors (Lipinski definition) is 1. The van der Waals surface area contributed by atoms with Crippen LogP contribution >= 0.6 is 0 Å². The molecule has 1 fully saturated rings. The first-order valence-corrected chi connectivity index (χ1v) is 10.7. The minimum atomic E-state index is -1.02. The number of carbonyl (C=O) groups is 3. The van der Waals surface area contributed by atoms with Crippen LogP contribution in [0.3, 0.4) is 0 Å². The summed E-state index contributed by atoms with van der Waals surface area (Å²) in [7, 11) is 1.61. The van der Waals surface area contributed by atoms with Gasteiger partial charge in [0.2, 0.25) is 5.91 Å². The maximum atomic E-state index is 13.0. The Hall–Kier alpha value is -2.57. The molecule has 1 aromatic carbocycles. The lowest BCUT2D eigenvalue weighted by molar-refractivity contribution is -0.141. The molecule has 1 heterocycles. The summed E-state index contributed by atoms with van der Waals surface area (Å²) in [6.07, 6.45) is 2.71. The van der Waals surface area contributed by atoms with E-state index in [0.717, 1.165) is 29.1 Å². The molecule has 1 N–H and O–H groups in total. The number of hydrogen-bond acceptors (Lipinski definition) is 4. The first-order valence-electron chi connectivity index (χ1n) is 10.7. The van der Waals surface area contributed by atoms with E-state index < -0.39 is 11.6 Å². The van der Waals surface area contributed by atoms with Gasteiger partial charge in [-0.05, 0) is 64.2 Å². The molecule has 1 aliphatic heterocycles. The van der Waals surface area contributed by atoms with Crippen molar-refractivity contribution in [1.82, 2.24) is 15.1 Å². The highest BCUT2D eigenvalue weighted by Crippen LogP contribution is 2.24. The van der Waals surface area contributed by atoms with Crippen LogP contribution in [0.4, 0.5) is 4.79 Å². The SMILES string of the molecule is CC[C@H](C)N(C(=O)CN1C(=O)N[C@](C)(CCc2ccc(OC)cc2)C1=O)[C@@H](C)CC. The van der Waals surface area contributed by atoms with Gasteiger partial charge in [0.05, 0.1) is 7.11 Å². The summed E-state index contributed by atoms with van der Waals surface area (Å²) in [6, 6.07) is 7.23. The van der Waals surface area contributed by atoms with Crippen molar-refractivity contribution in [2.24, 2.45) is 0 Å². The van der Waals surface area contributed by atoms with E-state index in [9.17, 15) is 14.4 Å². The monoisotopic (exact) mass is 417 g/mol. The average Bonchev–Trinajstić information content (AvgIpc) is 2.95. The fourth-order valence-electron chi connectivity index (χ4n) is 3.78. The maximum absolute atomic E-state index is 13.0. The predicted octanol–water partition coefficient (Wildman–Crippen LogP) is 3.36. The second kappa shape index (κ2) is 9.96. The Balaban J connectivity index is 2.07. The van der Waals surface area contributed by atoms with Crippen molar-refractivity contribution in [3.05, 3.63) is 29.8 Å². The van der Waals surface area contributed by atoms with Gasteiger partial charge in [0.15, 0.2) is 0 Å². The Morgan fingerprint density at radius 2 is 1.70 bits per heavy atom. The Morgan fingerprint density at radius 1 is 1.13 bits per heavy atom. The Bertz CT molecular complexity index is 754. The summed E-state index contributed by atoms with van der Waals surface area (Å²) in [6.45, 7) is 9.54. The topological polar surface area (TPSA) is 79.0 Å². The molecule has 0 bridgehead atoms. The van der Waals surface area contributed by atoms with Gasteiger partial charge in [-0.2, -0.15) is 0 Å². The Kier molecular flexibility index (Phi) is 7.87. The fraction of sp³-hybridized carbons (Fsp3) is 0.609. The maximum Gasteiger partial charge on any atom is 0.325 e.